The van der Waals surface area contributed by atoms with Crippen LogP contribution in [0.25, 0.3) is 0 Å². The van der Waals surface area contributed by atoms with Gasteiger partial charge in [0.2, 0.25) is 0 Å². The van der Waals surface area contributed by atoms with E-state index in [0.29, 0.717) is 33.7 Å². The highest BCUT2D eigenvalue weighted by Gasteiger charge is 2.27. The van der Waals surface area contributed by atoms with Gasteiger partial charge in [0, 0.05) is 13.6 Å². The van der Waals surface area contributed by atoms with E-state index in [9.17, 15) is 4.79 Å². The minimum atomic E-state index is -0.426. The first kappa shape index (κ1) is 24.9. The molecule has 0 aromatic heterocycles. The van der Waals surface area contributed by atoms with Gasteiger partial charge in [-0.05, 0) is 72.0 Å². The Kier molecular flexibility index (Phi) is 7.83. The third kappa shape index (κ3) is 5.89. The smallest absolute Gasteiger partial charge is 0.338 e. The zero-order chi connectivity index (χ0) is 24.9. The number of aliphatic imine (C=N–C) groups is 1. The highest BCUT2D eigenvalue weighted by molar-refractivity contribution is 6.42. The van der Waals surface area contributed by atoms with Crippen molar-refractivity contribution in [2.75, 3.05) is 21.3 Å². The summed E-state index contributed by atoms with van der Waals surface area (Å²) in [6.07, 6.45) is 3.03. The number of benzene rings is 3. The summed E-state index contributed by atoms with van der Waals surface area (Å²) in [4.78, 5) is 19.3. The summed E-state index contributed by atoms with van der Waals surface area (Å²) in [5.74, 6) is 0.959. The lowest BCUT2D eigenvalue weighted by molar-refractivity contribution is 0.0301. The molecule has 0 saturated heterocycles. The van der Waals surface area contributed by atoms with E-state index >= 15 is 0 Å². The number of rotatable bonds is 8. The molecule has 6 nitrogen and oxygen atoms in total. The summed E-state index contributed by atoms with van der Waals surface area (Å²) in [6.45, 7) is 0.651. The Morgan fingerprint density at radius 2 is 1.83 bits per heavy atom. The maximum Gasteiger partial charge on any atom is 0.338 e. The van der Waals surface area contributed by atoms with E-state index in [1.807, 2.05) is 48.3 Å². The van der Waals surface area contributed by atoms with Crippen molar-refractivity contribution in [3.63, 3.8) is 0 Å². The second kappa shape index (κ2) is 11.0. The van der Waals surface area contributed by atoms with Crippen molar-refractivity contribution < 1.29 is 19.0 Å². The molecule has 1 unspecified atom stereocenters. The second-order valence-electron chi connectivity index (χ2n) is 8.29. The average molecular weight is 513 g/mol. The third-order valence-corrected chi connectivity index (χ3v) is 6.58. The maximum absolute atomic E-state index is 12.7. The number of methoxy groups -OCH3 is 2. The Morgan fingerprint density at radius 1 is 1.03 bits per heavy atom. The number of aryl methyl sites for hydroxylation is 1. The monoisotopic (exact) mass is 512 g/mol. The van der Waals surface area contributed by atoms with Crippen LogP contribution < -0.4 is 9.47 Å². The minimum Gasteiger partial charge on any atom is -0.493 e. The lowest BCUT2D eigenvalue weighted by atomic mass is 10.1. The zero-order valence-electron chi connectivity index (χ0n) is 19.8. The molecular formula is C27H26Cl2N2O4. The fourth-order valence-corrected chi connectivity index (χ4v) is 4.35. The van der Waals surface area contributed by atoms with Gasteiger partial charge in [0.25, 0.3) is 0 Å². The van der Waals surface area contributed by atoms with Crippen molar-refractivity contribution in [1.29, 1.82) is 0 Å². The molecule has 0 spiro atoms. The second-order valence-corrected chi connectivity index (χ2v) is 9.11. The van der Waals surface area contributed by atoms with Crippen LogP contribution in [0.5, 0.6) is 11.5 Å². The van der Waals surface area contributed by atoms with Crippen LogP contribution in [0.3, 0.4) is 0 Å². The molecule has 8 heteroatoms. The van der Waals surface area contributed by atoms with Crippen LogP contribution in [0.4, 0.5) is 5.69 Å². The summed E-state index contributed by atoms with van der Waals surface area (Å²) >= 11 is 12.0. The van der Waals surface area contributed by atoms with E-state index in [-0.39, 0.29) is 6.10 Å². The molecule has 1 aliphatic rings. The fourth-order valence-electron chi connectivity index (χ4n) is 4.05. The minimum absolute atomic E-state index is 0.321. The number of fused-ring (bicyclic) bond motifs is 1. The van der Waals surface area contributed by atoms with Crippen LogP contribution in [0, 0.1) is 0 Å². The topological polar surface area (TPSA) is 60.4 Å². The van der Waals surface area contributed by atoms with Crippen molar-refractivity contribution in [3.05, 3.63) is 86.9 Å². The molecule has 35 heavy (non-hydrogen) atoms. The maximum atomic E-state index is 12.7. The highest BCUT2D eigenvalue weighted by Crippen LogP contribution is 2.37. The van der Waals surface area contributed by atoms with Gasteiger partial charge in [-0.2, -0.15) is 0 Å². The van der Waals surface area contributed by atoms with Gasteiger partial charge in [-0.25, -0.2) is 9.79 Å². The Balaban J connectivity index is 1.43. The molecule has 4 rings (SSSR count). The zero-order valence-corrected chi connectivity index (χ0v) is 21.3. The molecule has 0 saturated carbocycles. The van der Waals surface area contributed by atoms with Crippen molar-refractivity contribution in [2.45, 2.75) is 25.5 Å². The van der Waals surface area contributed by atoms with E-state index in [0.717, 1.165) is 35.2 Å². The molecule has 0 heterocycles. The van der Waals surface area contributed by atoms with Crippen LogP contribution in [-0.4, -0.2) is 38.5 Å². The predicted octanol–water partition coefficient (Wildman–Crippen LogP) is 6.65. The summed E-state index contributed by atoms with van der Waals surface area (Å²) in [6, 6.07) is 16.6. The molecule has 0 fully saturated rings. The van der Waals surface area contributed by atoms with Gasteiger partial charge in [-0.3, -0.25) is 0 Å². The summed E-state index contributed by atoms with van der Waals surface area (Å²) in [7, 11) is 5.19. The van der Waals surface area contributed by atoms with Crippen molar-refractivity contribution in [1.82, 2.24) is 4.90 Å². The van der Waals surface area contributed by atoms with Crippen molar-refractivity contribution in [3.8, 4) is 11.5 Å². The van der Waals surface area contributed by atoms with Gasteiger partial charge in [-0.1, -0.05) is 35.3 Å². The van der Waals surface area contributed by atoms with Crippen LogP contribution in [0.2, 0.25) is 10.0 Å². The van der Waals surface area contributed by atoms with E-state index in [4.69, 9.17) is 37.4 Å². The fraction of sp³-hybridized carbons (Fsp3) is 0.259. The number of esters is 1. The first-order chi connectivity index (χ1) is 16.9. The molecule has 0 aliphatic heterocycles. The lowest BCUT2D eigenvalue weighted by Crippen LogP contribution is -2.15. The lowest BCUT2D eigenvalue weighted by Gasteiger charge is -2.16. The standard InChI is InChI=1S/C27H26Cl2N2O4/c1-31(15-17-4-10-25(33-2)26(12-17)34-3)16-30-20-8-5-18-7-11-24(21(18)14-20)35-27(32)19-6-9-22(28)23(29)13-19/h4-6,8-10,12-14,16,24H,7,11,15H2,1-3H3. The van der Waals surface area contributed by atoms with Crippen LogP contribution >= 0.6 is 23.2 Å². The molecule has 3 aromatic rings. The molecule has 3 aromatic carbocycles. The van der Waals surface area contributed by atoms with Crippen LogP contribution in [0.1, 0.15) is 39.6 Å². The summed E-state index contributed by atoms with van der Waals surface area (Å²) in [5, 5.41) is 0.717. The van der Waals surface area contributed by atoms with Crippen molar-refractivity contribution >= 4 is 41.2 Å². The third-order valence-electron chi connectivity index (χ3n) is 5.84. The van der Waals surface area contributed by atoms with E-state index in [1.54, 1.807) is 32.7 Å². The van der Waals surface area contributed by atoms with Crippen LogP contribution in [-0.2, 0) is 17.7 Å². The van der Waals surface area contributed by atoms with Gasteiger partial charge in [0.1, 0.15) is 6.10 Å². The Bertz CT molecular complexity index is 1260. The number of halogens is 2. The normalized spacial score (nSPS) is 14.6. The van der Waals surface area contributed by atoms with Gasteiger partial charge in [0.05, 0.1) is 41.9 Å². The molecule has 0 bridgehead atoms. The van der Waals surface area contributed by atoms with E-state index < -0.39 is 5.97 Å². The van der Waals surface area contributed by atoms with Gasteiger partial charge in [-0.15, -0.1) is 0 Å². The molecule has 0 amide bonds. The van der Waals surface area contributed by atoms with E-state index in [1.165, 1.54) is 6.07 Å². The summed E-state index contributed by atoms with van der Waals surface area (Å²) in [5.41, 5.74) is 4.38. The molecule has 182 valence electrons. The average Bonchev–Trinajstić information content (AvgIpc) is 3.26. The number of hydrogen-bond acceptors (Lipinski definition) is 5. The Hall–Kier alpha value is -3.22. The molecular weight excluding hydrogens is 487 g/mol. The summed E-state index contributed by atoms with van der Waals surface area (Å²) < 4.78 is 16.5. The Morgan fingerprint density at radius 3 is 2.57 bits per heavy atom. The highest BCUT2D eigenvalue weighted by atomic mass is 35.5. The molecule has 0 N–H and O–H groups in total. The largest absolute Gasteiger partial charge is 0.493 e. The quantitative estimate of drug-likeness (QED) is 0.192. The Labute approximate surface area is 215 Å². The van der Waals surface area contributed by atoms with Gasteiger partial charge < -0.3 is 19.1 Å². The van der Waals surface area contributed by atoms with Crippen LogP contribution in [0.15, 0.2) is 59.6 Å². The van der Waals surface area contributed by atoms with E-state index in [2.05, 4.69) is 4.99 Å². The molecule has 0 radical (unpaired) electrons. The SMILES string of the molecule is COc1ccc(CN(C)C=Nc2ccc3c(c2)C(OC(=O)c2ccc(Cl)c(Cl)c2)CC3)cc1OC. The first-order valence-electron chi connectivity index (χ1n) is 11.1. The number of hydrogen-bond donors (Lipinski definition) is 0. The number of carbonyl (C=O) groups is 1. The van der Waals surface area contributed by atoms with Gasteiger partial charge in [0.15, 0.2) is 11.5 Å². The number of nitrogens with zero attached hydrogens (tertiary/aromatic N) is 2. The molecule has 1 atom stereocenters. The van der Waals surface area contributed by atoms with Gasteiger partial charge >= 0.3 is 5.97 Å². The predicted molar refractivity (Wildman–Crippen MR) is 139 cm³/mol. The van der Waals surface area contributed by atoms with Crippen molar-refractivity contribution in [2.24, 2.45) is 4.99 Å². The number of carbonyl (C=O) groups excluding carboxylic acids is 1. The molecule has 1 aliphatic carbocycles. The first-order valence-corrected chi connectivity index (χ1v) is 11.9. The number of ether oxygens (including phenoxy) is 3.